The van der Waals surface area contributed by atoms with Crippen LogP contribution in [0.15, 0.2) is 18.3 Å². The lowest BCUT2D eigenvalue weighted by Gasteiger charge is -2.13. The molecule has 1 atom stereocenters. The van der Waals surface area contributed by atoms with Gasteiger partial charge in [-0.05, 0) is 18.6 Å². The summed E-state index contributed by atoms with van der Waals surface area (Å²) in [4.78, 5) is 15.3. The average Bonchev–Trinajstić information content (AvgIpc) is 2.26. The molecule has 0 aromatic carbocycles. The smallest absolute Gasteiger partial charge is 0.274 e. The van der Waals surface area contributed by atoms with Crippen molar-refractivity contribution in [1.29, 1.82) is 0 Å². The van der Waals surface area contributed by atoms with Gasteiger partial charge >= 0.3 is 0 Å². The maximum Gasteiger partial charge on any atom is 0.274 e. The van der Waals surface area contributed by atoms with E-state index in [0.717, 1.165) is 0 Å². The Balaban J connectivity index is 2.73. The van der Waals surface area contributed by atoms with Crippen LogP contribution in [0, 0.1) is 0 Å². The quantitative estimate of drug-likeness (QED) is 0.667. The summed E-state index contributed by atoms with van der Waals surface area (Å²) in [7, 11) is 0. The van der Waals surface area contributed by atoms with E-state index in [4.69, 9.17) is 5.11 Å². The van der Waals surface area contributed by atoms with E-state index in [-0.39, 0.29) is 24.1 Å². The van der Waals surface area contributed by atoms with Gasteiger partial charge in [-0.2, -0.15) is 0 Å². The number of nitrogens with zero attached hydrogens (tertiary/aromatic N) is 1. The molecule has 0 spiro atoms. The van der Waals surface area contributed by atoms with Gasteiger partial charge in [0.15, 0.2) is 5.69 Å². The van der Waals surface area contributed by atoms with Crippen molar-refractivity contribution in [2.24, 2.45) is 0 Å². The van der Waals surface area contributed by atoms with E-state index in [1.165, 1.54) is 18.3 Å². The maximum atomic E-state index is 11.5. The minimum Gasteiger partial charge on any atom is -0.505 e. The first-order chi connectivity index (χ1) is 7.19. The van der Waals surface area contributed by atoms with E-state index in [9.17, 15) is 9.90 Å². The van der Waals surface area contributed by atoms with Crippen LogP contribution in [0.3, 0.4) is 0 Å². The fourth-order valence-electron chi connectivity index (χ4n) is 1.10. The molecule has 5 heteroatoms. The highest BCUT2D eigenvalue weighted by molar-refractivity contribution is 5.94. The number of amides is 1. The van der Waals surface area contributed by atoms with Crippen LogP contribution in [-0.4, -0.2) is 33.8 Å². The molecular weight excluding hydrogens is 196 g/mol. The highest BCUT2D eigenvalue weighted by atomic mass is 16.3. The van der Waals surface area contributed by atoms with Crippen molar-refractivity contribution in [3.8, 4) is 5.75 Å². The molecule has 1 aromatic heterocycles. The number of pyridine rings is 1. The van der Waals surface area contributed by atoms with Gasteiger partial charge in [0.2, 0.25) is 0 Å². The second-order valence-electron chi connectivity index (χ2n) is 3.13. The lowest BCUT2D eigenvalue weighted by atomic mass is 10.2. The maximum absolute atomic E-state index is 11.5. The highest BCUT2D eigenvalue weighted by Crippen LogP contribution is 2.12. The summed E-state index contributed by atoms with van der Waals surface area (Å²) in [6.07, 6.45) is 2.05. The summed E-state index contributed by atoms with van der Waals surface area (Å²) in [5, 5.41) is 20.8. The Hall–Kier alpha value is -1.62. The van der Waals surface area contributed by atoms with Crippen molar-refractivity contribution >= 4 is 5.91 Å². The van der Waals surface area contributed by atoms with Gasteiger partial charge in [-0.3, -0.25) is 4.79 Å². The third-order valence-corrected chi connectivity index (χ3v) is 2.05. The van der Waals surface area contributed by atoms with Crippen LogP contribution < -0.4 is 5.32 Å². The van der Waals surface area contributed by atoms with Crippen LogP contribution in [0.5, 0.6) is 5.75 Å². The Morgan fingerprint density at radius 1 is 1.67 bits per heavy atom. The van der Waals surface area contributed by atoms with Gasteiger partial charge in [-0.25, -0.2) is 4.98 Å². The normalized spacial score (nSPS) is 12.1. The second kappa shape index (κ2) is 5.31. The summed E-state index contributed by atoms with van der Waals surface area (Å²) in [6.45, 7) is 1.72. The largest absolute Gasteiger partial charge is 0.505 e. The SMILES string of the molecule is CC[C@H](CO)NC(=O)c1ncccc1O. The standard InChI is InChI=1S/C10H14N2O3/c1-2-7(6-13)12-10(15)9-8(14)4-3-5-11-9/h3-5,7,13-14H,2,6H2,1H3,(H,12,15)/t7-/m1/s1. The van der Waals surface area contributed by atoms with Crippen molar-refractivity contribution in [3.63, 3.8) is 0 Å². The van der Waals surface area contributed by atoms with Crippen LogP contribution in [0.25, 0.3) is 0 Å². The Bertz CT molecular complexity index is 337. The summed E-state index contributed by atoms with van der Waals surface area (Å²) in [5.41, 5.74) is -0.0237. The molecule has 1 amide bonds. The van der Waals surface area contributed by atoms with E-state index >= 15 is 0 Å². The fraction of sp³-hybridized carbons (Fsp3) is 0.400. The molecule has 0 unspecified atom stereocenters. The van der Waals surface area contributed by atoms with Crippen LogP contribution in [-0.2, 0) is 0 Å². The minimum absolute atomic E-state index is 0.0237. The van der Waals surface area contributed by atoms with Crippen LogP contribution in [0.4, 0.5) is 0 Å². The third kappa shape index (κ3) is 2.92. The minimum atomic E-state index is -0.478. The monoisotopic (exact) mass is 210 g/mol. The summed E-state index contributed by atoms with van der Waals surface area (Å²) in [6, 6.07) is 2.62. The predicted octanol–water partition coefficient (Wildman–Crippen LogP) is 0.288. The molecule has 0 saturated carbocycles. The van der Waals surface area contributed by atoms with Gasteiger partial charge in [0, 0.05) is 6.20 Å². The van der Waals surface area contributed by atoms with E-state index in [1.54, 1.807) is 0 Å². The molecule has 1 rings (SSSR count). The topological polar surface area (TPSA) is 82.5 Å². The van der Waals surface area contributed by atoms with Gasteiger partial charge in [-0.15, -0.1) is 0 Å². The number of aliphatic hydroxyl groups is 1. The molecule has 5 nitrogen and oxygen atoms in total. The van der Waals surface area contributed by atoms with E-state index in [1.807, 2.05) is 6.92 Å². The Morgan fingerprint density at radius 2 is 2.40 bits per heavy atom. The van der Waals surface area contributed by atoms with Crippen molar-refractivity contribution in [1.82, 2.24) is 10.3 Å². The molecule has 82 valence electrons. The summed E-state index contributed by atoms with van der Waals surface area (Å²) in [5.74, 6) is -0.642. The number of aromatic nitrogens is 1. The lowest BCUT2D eigenvalue weighted by Crippen LogP contribution is -2.37. The van der Waals surface area contributed by atoms with Crippen molar-refractivity contribution < 1.29 is 15.0 Å². The molecule has 0 bridgehead atoms. The van der Waals surface area contributed by atoms with Gasteiger partial charge in [-0.1, -0.05) is 6.92 Å². The number of hydrogen-bond acceptors (Lipinski definition) is 4. The Labute approximate surface area is 87.8 Å². The second-order valence-corrected chi connectivity index (χ2v) is 3.13. The third-order valence-electron chi connectivity index (χ3n) is 2.05. The molecule has 3 N–H and O–H groups in total. The predicted molar refractivity (Wildman–Crippen MR) is 54.5 cm³/mol. The molecule has 0 aliphatic carbocycles. The molecule has 0 saturated heterocycles. The summed E-state index contributed by atoms with van der Waals surface area (Å²) >= 11 is 0. The zero-order valence-corrected chi connectivity index (χ0v) is 8.47. The number of aliphatic hydroxyl groups excluding tert-OH is 1. The van der Waals surface area contributed by atoms with E-state index < -0.39 is 5.91 Å². The Kier molecular flexibility index (Phi) is 4.05. The summed E-state index contributed by atoms with van der Waals surface area (Å²) < 4.78 is 0. The lowest BCUT2D eigenvalue weighted by molar-refractivity contribution is 0.0907. The highest BCUT2D eigenvalue weighted by Gasteiger charge is 2.15. The first-order valence-electron chi connectivity index (χ1n) is 4.74. The molecule has 1 aromatic rings. The van der Waals surface area contributed by atoms with Crippen molar-refractivity contribution in [3.05, 3.63) is 24.0 Å². The van der Waals surface area contributed by atoms with Crippen LogP contribution in [0.1, 0.15) is 23.8 Å². The van der Waals surface area contributed by atoms with Crippen LogP contribution in [0.2, 0.25) is 0 Å². The first kappa shape index (κ1) is 11.5. The number of carbonyl (C=O) groups is 1. The van der Waals surface area contributed by atoms with E-state index in [0.29, 0.717) is 6.42 Å². The molecule has 0 aliphatic heterocycles. The Morgan fingerprint density at radius 3 is 2.93 bits per heavy atom. The fourth-order valence-corrected chi connectivity index (χ4v) is 1.10. The van der Waals surface area contributed by atoms with Gasteiger partial charge in [0.05, 0.1) is 12.6 Å². The van der Waals surface area contributed by atoms with Gasteiger partial charge in [0.25, 0.3) is 5.91 Å². The molecular formula is C10H14N2O3. The van der Waals surface area contributed by atoms with E-state index in [2.05, 4.69) is 10.3 Å². The zero-order valence-electron chi connectivity index (χ0n) is 8.47. The zero-order chi connectivity index (χ0) is 11.3. The molecule has 0 radical (unpaired) electrons. The van der Waals surface area contributed by atoms with Crippen molar-refractivity contribution in [2.45, 2.75) is 19.4 Å². The molecule has 1 heterocycles. The average molecular weight is 210 g/mol. The number of aromatic hydroxyl groups is 1. The number of carbonyl (C=O) groups excluding carboxylic acids is 1. The molecule has 0 fully saturated rings. The number of hydrogen-bond donors (Lipinski definition) is 3. The van der Waals surface area contributed by atoms with Crippen molar-refractivity contribution in [2.75, 3.05) is 6.61 Å². The van der Waals surface area contributed by atoms with Crippen LogP contribution >= 0.6 is 0 Å². The van der Waals surface area contributed by atoms with Gasteiger partial charge in [0.1, 0.15) is 5.75 Å². The van der Waals surface area contributed by atoms with Gasteiger partial charge < -0.3 is 15.5 Å². The molecule has 0 aliphatic rings. The number of rotatable bonds is 4. The first-order valence-corrected chi connectivity index (χ1v) is 4.74. The molecule has 15 heavy (non-hydrogen) atoms. The number of nitrogens with one attached hydrogen (secondary N) is 1.